The summed E-state index contributed by atoms with van der Waals surface area (Å²) in [6.07, 6.45) is 6.30. The molecule has 6 nitrogen and oxygen atoms in total. The van der Waals surface area contributed by atoms with Crippen molar-refractivity contribution in [3.63, 3.8) is 0 Å². The lowest BCUT2D eigenvalue weighted by Crippen LogP contribution is -3.11. The predicted molar refractivity (Wildman–Crippen MR) is 108 cm³/mol. The van der Waals surface area contributed by atoms with Crippen LogP contribution in [0.5, 0.6) is 0 Å². The molecule has 2 atom stereocenters. The lowest BCUT2D eigenvalue weighted by atomic mass is 9.94. The van der Waals surface area contributed by atoms with Gasteiger partial charge in [-0.05, 0) is 50.8 Å². The van der Waals surface area contributed by atoms with Gasteiger partial charge in [0.05, 0.1) is 37.5 Å². The maximum atomic E-state index is 10.0. The van der Waals surface area contributed by atoms with Crippen molar-refractivity contribution in [2.24, 2.45) is 0 Å². The molecule has 0 aliphatic carbocycles. The van der Waals surface area contributed by atoms with Gasteiger partial charge in [0.15, 0.2) is 0 Å². The number of nitrogens with one attached hydrogen (secondary N) is 3. The summed E-state index contributed by atoms with van der Waals surface area (Å²) in [5.41, 5.74) is 3.34. The molecule has 0 amide bonds. The highest BCUT2D eigenvalue weighted by Crippen LogP contribution is 2.31. The van der Waals surface area contributed by atoms with Crippen LogP contribution < -0.4 is 20.1 Å². The van der Waals surface area contributed by atoms with Gasteiger partial charge >= 0.3 is 0 Å². The van der Waals surface area contributed by atoms with Gasteiger partial charge < -0.3 is 9.32 Å². The number of aromatic amines is 1. The summed E-state index contributed by atoms with van der Waals surface area (Å²) < 4.78 is 5.51. The number of nitriles is 1. The van der Waals surface area contributed by atoms with Crippen molar-refractivity contribution in [1.82, 2.24) is 0 Å². The monoisotopic (exact) mass is 381 g/mol. The molecule has 2 aliphatic rings. The van der Waals surface area contributed by atoms with Crippen LogP contribution in [0.1, 0.15) is 55.6 Å². The number of H-pyrrole nitrogens is 1. The number of rotatable bonds is 5. The molecule has 0 aromatic carbocycles. The van der Waals surface area contributed by atoms with E-state index in [-0.39, 0.29) is 0 Å². The lowest BCUT2D eigenvalue weighted by molar-refractivity contribution is -0.914. The van der Waals surface area contributed by atoms with Crippen LogP contribution in [0.15, 0.2) is 22.8 Å². The number of nitrogens with zero attached hydrogens (tertiary/aromatic N) is 2. The van der Waals surface area contributed by atoms with Gasteiger partial charge in [-0.25, -0.2) is 4.98 Å². The number of hydrogen-bond donors (Lipinski definition) is 2. The van der Waals surface area contributed by atoms with Gasteiger partial charge in [-0.3, -0.25) is 10.2 Å². The first kappa shape index (κ1) is 18.8. The van der Waals surface area contributed by atoms with Gasteiger partial charge in [0.25, 0.3) is 0 Å². The average molecular weight is 382 g/mol. The van der Waals surface area contributed by atoms with Crippen LogP contribution >= 0.6 is 0 Å². The van der Waals surface area contributed by atoms with E-state index in [1.54, 1.807) is 11.2 Å². The van der Waals surface area contributed by atoms with Crippen molar-refractivity contribution in [3.8, 4) is 6.07 Å². The molecule has 2 aromatic heterocycles. The van der Waals surface area contributed by atoms with E-state index in [2.05, 4.69) is 35.1 Å². The molecule has 0 spiro atoms. The number of furan rings is 1. The van der Waals surface area contributed by atoms with E-state index in [1.807, 2.05) is 12.1 Å². The van der Waals surface area contributed by atoms with Crippen LogP contribution in [0.2, 0.25) is 0 Å². The Labute approximate surface area is 167 Å². The molecule has 0 saturated carbocycles. The van der Waals surface area contributed by atoms with Gasteiger partial charge in [0.2, 0.25) is 11.6 Å². The minimum absolute atomic E-state index is 0.453. The molecule has 4 rings (SSSR count). The average Bonchev–Trinajstić information content (AvgIpc) is 3.25. The zero-order valence-corrected chi connectivity index (χ0v) is 17.0. The quantitative estimate of drug-likeness (QED) is 0.830. The number of hydrogen-bond acceptors (Lipinski definition) is 4. The molecule has 2 aliphatic heterocycles. The summed E-state index contributed by atoms with van der Waals surface area (Å²) in [7, 11) is 0. The lowest BCUT2D eigenvalue weighted by Gasteiger charge is -2.33. The first-order chi connectivity index (χ1) is 13.7. The fourth-order valence-electron chi connectivity index (χ4n) is 4.62. The van der Waals surface area contributed by atoms with E-state index >= 15 is 0 Å². The largest absolute Gasteiger partial charge is 0.466 e. The van der Waals surface area contributed by atoms with Crippen molar-refractivity contribution in [1.29, 1.82) is 5.26 Å². The third kappa shape index (κ3) is 3.59. The highest BCUT2D eigenvalue weighted by Gasteiger charge is 2.34. The second kappa shape index (κ2) is 8.24. The number of likely N-dealkylation sites (N-methyl/N-ethyl adjacent to an activating group) is 1. The Balaban J connectivity index is 1.76. The number of quaternary nitrogens is 1. The van der Waals surface area contributed by atoms with Crippen molar-refractivity contribution in [2.45, 2.75) is 58.7 Å². The van der Waals surface area contributed by atoms with Gasteiger partial charge in [-0.2, -0.15) is 5.26 Å². The Kier molecular flexibility index (Phi) is 5.54. The van der Waals surface area contributed by atoms with Gasteiger partial charge in [-0.1, -0.05) is 0 Å². The molecule has 6 heteroatoms. The Morgan fingerprint density at radius 1 is 1.39 bits per heavy atom. The summed E-state index contributed by atoms with van der Waals surface area (Å²) in [6.45, 7) is 9.29. The van der Waals surface area contributed by atoms with E-state index in [0.717, 1.165) is 55.6 Å². The van der Waals surface area contributed by atoms with Crippen LogP contribution in [0.3, 0.4) is 0 Å². The predicted octanol–water partition coefficient (Wildman–Crippen LogP) is 1.92. The minimum Gasteiger partial charge on any atom is -0.466 e. The van der Waals surface area contributed by atoms with Crippen LogP contribution in [-0.4, -0.2) is 25.7 Å². The number of fused-ring (bicyclic) bond motifs is 1. The highest BCUT2D eigenvalue weighted by molar-refractivity contribution is 5.62. The fourth-order valence-corrected chi connectivity index (χ4v) is 4.62. The summed E-state index contributed by atoms with van der Waals surface area (Å²) in [5, 5.41) is 13.6. The Hall–Kier alpha value is -2.52. The van der Waals surface area contributed by atoms with E-state index in [1.165, 1.54) is 30.4 Å². The number of anilines is 2. The number of pyridine rings is 1. The molecule has 2 aromatic rings. The molecular formula is C22H31N5O+2. The SMILES string of the molecule is CC[NH+]1CCc2c(C#N)c(N3CCCC[C@@H]3C)[nH+]c(NCc3ccco3)c2C1. The number of piperidine rings is 1. The summed E-state index contributed by atoms with van der Waals surface area (Å²) in [4.78, 5) is 7.60. The Morgan fingerprint density at radius 2 is 2.29 bits per heavy atom. The fraction of sp³-hybridized carbons (Fsp3) is 0.545. The first-order valence-electron chi connectivity index (χ1n) is 10.6. The van der Waals surface area contributed by atoms with Crippen molar-refractivity contribution in [2.75, 3.05) is 29.9 Å². The maximum Gasteiger partial charge on any atom is 0.240 e. The summed E-state index contributed by atoms with van der Waals surface area (Å²) >= 11 is 0. The molecule has 28 heavy (non-hydrogen) atoms. The van der Waals surface area contributed by atoms with Gasteiger partial charge in [0, 0.05) is 6.42 Å². The van der Waals surface area contributed by atoms with E-state index in [0.29, 0.717) is 12.6 Å². The topological polar surface area (TPSA) is 70.8 Å². The second-order valence-electron chi connectivity index (χ2n) is 8.04. The molecule has 0 radical (unpaired) electrons. The minimum atomic E-state index is 0.453. The van der Waals surface area contributed by atoms with Crippen LogP contribution in [0.25, 0.3) is 0 Å². The van der Waals surface area contributed by atoms with Crippen LogP contribution in [-0.2, 0) is 19.5 Å². The molecule has 3 N–H and O–H groups in total. The second-order valence-corrected chi connectivity index (χ2v) is 8.04. The summed E-state index contributed by atoms with van der Waals surface area (Å²) in [5.74, 6) is 2.95. The zero-order chi connectivity index (χ0) is 19.5. The standard InChI is InChI=1S/C22H29N5O/c1-3-26-11-9-18-19(13-23)22(27-10-5-4-7-16(27)2)25-21(20(18)15-26)24-14-17-8-6-12-28-17/h6,8,12,16H,3-5,7,9-11,14-15H2,1-2H3,(H,24,25)/p+2/t16-/m0/s1. The molecule has 1 saturated heterocycles. The van der Waals surface area contributed by atoms with E-state index in [9.17, 15) is 5.26 Å². The van der Waals surface area contributed by atoms with Crippen molar-refractivity contribution < 1.29 is 14.3 Å². The molecule has 1 fully saturated rings. The Bertz CT molecular complexity index is 855. The molecule has 148 valence electrons. The highest BCUT2D eigenvalue weighted by atomic mass is 16.3. The summed E-state index contributed by atoms with van der Waals surface area (Å²) in [6, 6.07) is 6.90. The normalized spacial score (nSPS) is 21.8. The van der Waals surface area contributed by atoms with Gasteiger partial charge in [-0.15, -0.1) is 0 Å². The molecule has 4 heterocycles. The van der Waals surface area contributed by atoms with Gasteiger partial charge in [0.1, 0.15) is 30.5 Å². The van der Waals surface area contributed by atoms with Crippen LogP contribution in [0, 0.1) is 11.3 Å². The number of aromatic nitrogens is 1. The zero-order valence-electron chi connectivity index (χ0n) is 17.0. The Morgan fingerprint density at radius 3 is 3.00 bits per heavy atom. The smallest absolute Gasteiger partial charge is 0.240 e. The maximum absolute atomic E-state index is 10.0. The van der Waals surface area contributed by atoms with E-state index < -0.39 is 0 Å². The molecular weight excluding hydrogens is 350 g/mol. The van der Waals surface area contributed by atoms with E-state index in [4.69, 9.17) is 4.42 Å². The van der Waals surface area contributed by atoms with Crippen molar-refractivity contribution in [3.05, 3.63) is 40.8 Å². The first-order valence-corrected chi connectivity index (χ1v) is 10.6. The van der Waals surface area contributed by atoms with Crippen molar-refractivity contribution >= 4 is 11.6 Å². The molecule has 1 unspecified atom stereocenters. The third-order valence-electron chi connectivity index (χ3n) is 6.32. The third-order valence-corrected chi connectivity index (χ3v) is 6.32. The molecule has 0 bridgehead atoms. The van der Waals surface area contributed by atoms with Crippen LogP contribution in [0.4, 0.5) is 11.6 Å².